The molecule has 0 rings (SSSR count). The minimum absolute atomic E-state index is 0.465. The lowest BCUT2D eigenvalue weighted by Gasteiger charge is -2.22. The molecule has 1 unspecified atom stereocenters. The van der Waals surface area contributed by atoms with Crippen molar-refractivity contribution in [3.05, 3.63) is 0 Å². The highest BCUT2D eigenvalue weighted by Crippen LogP contribution is 2.15. The summed E-state index contributed by atoms with van der Waals surface area (Å²) in [4.78, 5) is 0. The van der Waals surface area contributed by atoms with Crippen LogP contribution in [0.25, 0.3) is 0 Å². The van der Waals surface area contributed by atoms with E-state index >= 15 is 0 Å². The molecule has 0 aliphatic heterocycles. The molecule has 4 heteroatoms. The summed E-state index contributed by atoms with van der Waals surface area (Å²) in [6.07, 6.45) is 3.22. The molecular weight excluding hydrogens is 210 g/mol. The molecule has 0 radical (unpaired) electrons. The number of hydrogen-bond acceptors (Lipinski definition) is 2. The maximum absolute atomic E-state index is 11.8. The molecule has 0 amide bonds. The average Bonchev–Trinajstić information content (AvgIpc) is 2.10. The van der Waals surface area contributed by atoms with Gasteiger partial charge in [0.05, 0.1) is 4.75 Å². The minimum atomic E-state index is -3.17. The molecule has 0 aromatic rings. The van der Waals surface area contributed by atoms with E-state index in [9.17, 15) is 8.42 Å². The van der Waals surface area contributed by atoms with E-state index in [1.54, 1.807) is 20.8 Å². The molecule has 0 aliphatic rings. The highest BCUT2D eigenvalue weighted by molar-refractivity contribution is 7.90. The van der Waals surface area contributed by atoms with E-state index in [4.69, 9.17) is 0 Å². The van der Waals surface area contributed by atoms with Crippen LogP contribution in [0.5, 0.6) is 0 Å². The molecule has 0 heterocycles. The molecule has 1 atom stereocenters. The van der Waals surface area contributed by atoms with Crippen molar-refractivity contribution in [2.24, 2.45) is 5.92 Å². The van der Waals surface area contributed by atoms with Crippen molar-refractivity contribution >= 4 is 10.0 Å². The molecule has 15 heavy (non-hydrogen) atoms. The lowest BCUT2D eigenvalue weighted by Crippen LogP contribution is -2.41. The van der Waals surface area contributed by atoms with E-state index in [-0.39, 0.29) is 0 Å². The summed E-state index contributed by atoms with van der Waals surface area (Å²) in [5, 5.41) is 0. The van der Waals surface area contributed by atoms with Crippen molar-refractivity contribution in [2.45, 2.75) is 58.6 Å². The molecule has 0 spiro atoms. The first-order chi connectivity index (χ1) is 6.74. The highest BCUT2D eigenvalue weighted by Gasteiger charge is 2.28. The third-order valence-electron chi connectivity index (χ3n) is 2.64. The lowest BCUT2D eigenvalue weighted by atomic mass is 10.0. The Morgan fingerprint density at radius 2 is 1.73 bits per heavy atom. The first-order valence-electron chi connectivity index (χ1n) is 5.73. The van der Waals surface area contributed by atoms with E-state index in [1.807, 2.05) is 0 Å². The molecule has 1 N–H and O–H groups in total. The SMILES string of the molecule is CCCC(CC)CNS(=O)(=O)C(C)(C)C. The topological polar surface area (TPSA) is 46.2 Å². The van der Waals surface area contributed by atoms with Crippen LogP contribution in [-0.4, -0.2) is 19.7 Å². The summed E-state index contributed by atoms with van der Waals surface area (Å²) in [5.74, 6) is 0.465. The second-order valence-corrected chi connectivity index (χ2v) is 7.55. The third kappa shape index (κ3) is 4.98. The first-order valence-corrected chi connectivity index (χ1v) is 7.22. The summed E-state index contributed by atoms with van der Waals surface area (Å²) in [5.41, 5.74) is 0. The predicted octanol–water partition coefficient (Wildman–Crippen LogP) is 2.53. The van der Waals surface area contributed by atoms with Gasteiger partial charge in [-0.2, -0.15) is 0 Å². The maximum atomic E-state index is 11.8. The summed E-state index contributed by atoms with van der Waals surface area (Å²) in [7, 11) is -3.17. The zero-order valence-corrected chi connectivity index (χ0v) is 11.4. The quantitative estimate of drug-likeness (QED) is 0.769. The van der Waals surface area contributed by atoms with Crippen molar-refractivity contribution in [1.29, 1.82) is 0 Å². The summed E-state index contributed by atoms with van der Waals surface area (Å²) >= 11 is 0. The largest absolute Gasteiger partial charge is 0.216 e. The smallest absolute Gasteiger partial charge is 0.215 e. The molecule has 0 aromatic carbocycles. The fraction of sp³-hybridized carbons (Fsp3) is 1.00. The molecule has 3 nitrogen and oxygen atoms in total. The monoisotopic (exact) mass is 235 g/mol. The number of sulfonamides is 1. The van der Waals surface area contributed by atoms with Gasteiger partial charge in [-0.15, -0.1) is 0 Å². The van der Waals surface area contributed by atoms with Crippen LogP contribution in [0, 0.1) is 5.92 Å². The van der Waals surface area contributed by atoms with Crippen molar-refractivity contribution in [3.63, 3.8) is 0 Å². The van der Waals surface area contributed by atoms with Crippen LogP contribution < -0.4 is 4.72 Å². The van der Waals surface area contributed by atoms with Crippen LogP contribution in [0.1, 0.15) is 53.9 Å². The zero-order chi connectivity index (χ0) is 12.1. The van der Waals surface area contributed by atoms with Gasteiger partial charge in [-0.25, -0.2) is 13.1 Å². The van der Waals surface area contributed by atoms with Crippen LogP contribution in [-0.2, 0) is 10.0 Å². The van der Waals surface area contributed by atoms with Gasteiger partial charge in [0.1, 0.15) is 0 Å². The number of nitrogens with one attached hydrogen (secondary N) is 1. The van der Waals surface area contributed by atoms with Crippen molar-refractivity contribution < 1.29 is 8.42 Å². The van der Waals surface area contributed by atoms with Gasteiger partial charge >= 0.3 is 0 Å². The van der Waals surface area contributed by atoms with Gasteiger partial charge in [0, 0.05) is 6.54 Å². The molecule has 92 valence electrons. The summed E-state index contributed by atoms with van der Waals surface area (Å²) < 4.78 is 25.5. The molecule has 0 aromatic heterocycles. The zero-order valence-electron chi connectivity index (χ0n) is 10.6. The Morgan fingerprint density at radius 3 is 2.07 bits per heavy atom. The molecule has 0 saturated carbocycles. The Bertz CT molecular complexity index is 265. The van der Waals surface area contributed by atoms with E-state index in [0.717, 1.165) is 19.3 Å². The molecular formula is C11H25NO2S. The number of rotatable bonds is 6. The second kappa shape index (κ2) is 5.85. The second-order valence-electron chi connectivity index (χ2n) is 5.03. The Balaban J connectivity index is 4.26. The van der Waals surface area contributed by atoms with Crippen LogP contribution in [0.4, 0.5) is 0 Å². The van der Waals surface area contributed by atoms with Gasteiger partial charge in [0.2, 0.25) is 10.0 Å². The Hall–Kier alpha value is -0.0900. The summed E-state index contributed by atoms with van der Waals surface area (Å²) in [6, 6.07) is 0. The van der Waals surface area contributed by atoms with Crippen LogP contribution in [0.3, 0.4) is 0 Å². The van der Waals surface area contributed by atoms with Crippen LogP contribution in [0.15, 0.2) is 0 Å². The van der Waals surface area contributed by atoms with Crippen LogP contribution in [0.2, 0.25) is 0 Å². The average molecular weight is 235 g/mol. The van der Waals surface area contributed by atoms with Gasteiger partial charge < -0.3 is 0 Å². The van der Waals surface area contributed by atoms with E-state index in [0.29, 0.717) is 12.5 Å². The Labute approximate surface area is 94.7 Å². The minimum Gasteiger partial charge on any atom is -0.215 e. The van der Waals surface area contributed by atoms with E-state index in [2.05, 4.69) is 18.6 Å². The Kier molecular flexibility index (Phi) is 5.81. The fourth-order valence-electron chi connectivity index (χ4n) is 1.30. The summed E-state index contributed by atoms with van der Waals surface area (Å²) in [6.45, 7) is 9.96. The predicted molar refractivity (Wildman–Crippen MR) is 65.4 cm³/mol. The molecule has 0 saturated heterocycles. The molecule has 0 aliphatic carbocycles. The first kappa shape index (κ1) is 14.9. The Morgan fingerprint density at radius 1 is 1.20 bits per heavy atom. The van der Waals surface area contributed by atoms with Gasteiger partial charge in [-0.05, 0) is 33.1 Å². The molecule has 0 fully saturated rings. The fourth-order valence-corrected chi connectivity index (χ4v) is 2.19. The van der Waals surface area contributed by atoms with E-state index in [1.165, 1.54) is 0 Å². The maximum Gasteiger partial charge on any atom is 0.216 e. The van der Waals surface area contributed by atoms with Crippen molar-refractivity contribution in [2.75, 3.05) is 6.54 Å². The normalized spacial score (nSPS) is 15.3. The van der Waals surface area contributed by atoms with Crippen molar-refractivity contribution in [3.8, 4) is 0 Å². The standard InChI is InChI=1S/C11H25NO2S/c1-6-8-10(7-2)9-12-15(13,14)11(3,4)5/h10,12H,6-9H2,1-5H3. The molecule has 0 bridgehead atoms. The van der Waals surface area contributed by atoms with E-state index < -0.39 is 14.8 Å². The lowest BCUT2D eigenvalue weighted by molar-refractivity contribution is 0.450. The van der Waals surface area contributed by atoms with Gasteiger partial charge in [-0.1, -0.05) is 26.7 Å². The number of hydrogen-bond donors (Lipinski definition) is 1. The highest BCUT2D eigenvalue weighted by atomic mass is 32.2. The van der Waals surface area contributed by atoms with Crippen LogP contribution >= 0.6 is 0 Å². The van der Waals surface area contributed by atoms with Gasteiger partial charge in [0.25, 0.3) is 0 Å². The van der Waals surface area contributed by atoms with Gasteiger partial charge in [0.15, 0.2) is 0 Å². The van der Waals surface area contributed by atoms with Gasteiger partial charge in [-0.3, -0.25) is 0 Å². The van der Waals surface area contributed by atoms with Crippen molar-refractivity contribution in [1.82, 2.24) is 4.72 Å². The third-order valence-corrected chi connectivity index (χ3v) is 4.80.